The van der Waals surface area contributed by atoms with Gasteiger partial charge in [0.1, 0.15) is 18.1 Å². The van der Waals surface area contributed by atoms with Crippen molar-refractivity contribution in [2.75, 3.05) is 19.0 Å². The number of benzene rings is 1. The van der Waals surface area contributed by atoms with Crippen molar-refractivity contribution in [2.45, 2.75) is 6.18 Å². The molecule has 0 spiro atoms. The van der Waals surface area contributed by atoms with Crippen molar-refractivity contribution in [1.29, 1.82) is 0 Å². The average molecular weight is 223 g/mol. The van der Waals surface area contributed by atoms with E-state index in [0.717, 1.165) is 12.1 Å². The number of alkyl halides is 3. The van der Waals surface area contributed by atoms with E-state index in [2.05, 4.69) is 5.32 Å². The van der Waals surface area contributed by atoms with Crippen molar-refractivity contribution in [2.24, 2.45) is 0 Å². The summed E-state index contributed by atoms with van der Waals surface area (Å²) in [6, 6.07) is 3.26. The van der Waals surface area contributed by atoms with Crippen LogP contribution in [0.5, 0.6) is 5.75 Å². The Balaban J connectivity index is 2.76. The topological polar surface area (TPSA) is 21.3 Å². The molecule has 6 heteroatoms. The van der Waals surface area contributed by atoms with E-state index in [0.29, 0.717) is 0 Å². The van der Waals surface area contributed by atoms with Gasteiger partial charge in [0.2, 0.25) is 0 Å². The lowest BCUT2D eigenvalue weighted by molar-refractivity contribution is -0.115. The van der Waals surface area contributed by atoms with E-state index in [1.165, 1.54) is 13.2 Å². The van der Waals surface area contributed by atoms with Crippen LogP contribution in [-0.2, 0) is 0 Å². The van der Waals surface area contributed by atoms with Gasteiger partial charge in [0.05, 0.1) is 12.8 Å². The van der Waals surface area contributed by atoms with Crippen LogP contribution >= 0.6 is 0 Å². The van der Waals surface area contributed by atoms with Crippen molar-refractivity contribution in [1.82, 2.24) is 0 Å². The minimum atomic E-state index is -4.32. The molecule has 0 aromatic heterocycles. The fraction of sp³-hybridized carbons (Fsp3) is 0.333. The molecule has 1 rings (SSSR count). The zero-order valence-corrected chi connectivity index (χ0v) is 7.86. The minimum absolute atomic E-state index is 0.0410. The first-order chi connectivity index (χ1) is 6.92. The van der Waals surface area contributed by atoms with Crippen LogP contribution in [0.3, 0.4) is 0 Å². The summed E-state index contributed by atoms with van der Waals surface area (Å²) < 4.78 is 53.0. The highest BCUT2D eigenvalue weighted by atomic mass is 19.4. The predicted octanol–water partition coefficient (Wildman–Crippen LogP) is 2.81. The van der Waals surface area contributed by atoms with Gasteiger partial charge in [-0.3, -0.25) is 0 Å². The van der Waals surface area contributed by atoms with Crippen LogP contribution < -0.4 is 10.1 Å². The largest absolute Gasteiger partial charge is 0.494 e. The van der Waals surface area contributed by atoms with Gasteiger partial charge in [0, 0.05) is 6.07 Å². The zero-order valence-electron chi connectivity index (χ0n) is 7.86. The van der Waals surface area contributed by atoms with Crippen LogP contribution in [0.15, 0.2) is 18.2 Å². The lowest BCUT2D eigenvalue weighted by atomic mass is 10.3. The van der Waals surface area contributed by atoms with Gasteiger partial charge < -0.3 is 10.1 Å². The maximum atomic E-state index is 12.7. The first-order valence-corrected chi connectivity index (χ1v) is 4.06. The Bertz CT molecular complexity index is 337. The van der Waals surface area contributed by atoms with Gasteiger partial charge in [-0.1, -0.05) is 0 Å². The molecule has 0 aliphatic heterocycles. The van der Waals surface area contributed by atoms with E-state index in [9.17, 15) is 17.6 Å². The second-order valence-electron chi connectivity index (χ2n) is 2.81. The van der Waals surface area contributed by atoms with Gasteiger partial charge in [-0.15, -0.1) is 0 Å². The minimum Gasteiger partial charge on any atom is -0.494 e. The van der Waals surface area contributed by atoms with E-state index in [1.54, 1.807) is 0 Å². The molecule has 0 amide bonds. The average Bonchev–Trinajstić information content (AvgIpc) is 2.14. The summed E-state index contributed by atoms with van der Waals surface area (Å²) >= 11 is 0. The number of hydrogen-bond acceptors (Lipinski definition) is 2. The number of anilines is 1. The number of nitrogens with one attached hydrogen (secondary N) is 1. The molecule has 0 radical (unpaired) electrons. The fourth-order valence-corrected chi connectivity index (χ4v) is 1.01. The third-order valence-electron chi connectivity index (χ3n) is 1.64. The Morgan fingerprint density at radius 2 is 2.00 bits per heavy atom. The van der Waals surface area contributed by atoms with E-state index in [1.807, 2.05) is 0 Å². The Morgan fingerprint density at radius 3 is 2.53 bits per heavy atom. The molecule has 84 valence electrons. The number of halogens is 4. The Kier molecular flexibility index (Phi) is 3.39. The summed E-state index contributed by atoms with van der Waals surface area (Å²) in [5.74, 6) is -0.524. The zero-order chi connectivity index (χ0) is 11.5. The van der Waals surface area contributed by atoms with Gasteiger partial charge in [-0.25, -0.2) is 4.39 Å². The SMILES string of the molecule is COc1cc(F)ccc1NCC(F)(F)F. The summed E-state index contributed by atoms with van der Waals surface area (Å²) in [5, 5.41) is 2.11. The summed E-state index contributed by atoms with van der Waals surface area (Å²) in [5.41, 5.74) is 0.108. The lowest BCUT2D eigenvalue weighted by Crippen LogP contribution is -2.21. The van der Waals surface area contributed by atoms with Crippen LogP contribution in [0.4, 0.5) is 23.2 Å². The Hall–Kier alpha value is -1.46. The Labute approximate surface area is 83.9 Å². The van der Waals surface area contributed by atoms with Crippen molar-refractivity contribution >= 4 is 5.69 Å². The number of methoxy groups -OCH3 is 1. The third-order valence-corrected chi connectivity index (χ3v) is 1.64. The van der Waals surface area contributed by atoms with E-state index >= 15 is 0 Å². The molecule has 15 heavy (non-hydrogen) atoms. The molecule has 0 bridgehead atoms. The van der Waals surface area contributed by atoms with Crippen LogP contribution in [0, 0.1) is 5.82 Å². The van der Waals surface area contributed by atoms with Crippen molar-refractivity contribution in [3.63, 3.8) is 0 Å². The monoisotopic (exact) mass is 223 g/mol. The van der Waals surface area contributed by atoms with E-state index in [-0.39, 0.29) is 11.4 Å². The lowest BCUT2D eigenvalue weighted by Gasteiger charge is -2.12. The molecule has 0 unspecified atom stereocenters. The van der Waals surface area contributed by atoms with Gasteiger partial charge in [0.15, 0.2) is 0 Å². The van der Waals surface area contributed by atoms with Crippen LogP contribution in [-0.4, -0.2) is 19.8 Å². The molecule has 1 aromatic carbocycles. The van der Waals surface area contributed by atoms with E-state index < -0.39 is 18.5 Å². The fourth-order valence-electron chi connectivity index (χ4n) is 1.01. The second kappa shape index (κ2) is 4.37. The van der Waals surface area contributed by atoms with E-state index in [4.69, 9.17) is 4.74 Å². The summed E-state index contributed by atoms with van der Waals surface area (Å²) in [6.07, 6.45) is -4.32. The second-order valence-corrected chi connectivity index (χ2v) is 2.81. The standard InChI is InChI=1S/C9H9F4NO/c1-15-8-4-6(10)2-3-7(8)14-5-9(11,12)13/h2-4,14H,5H2,1H3. The summed E-state index contributed by atoms with van der Waals surface area (Å²) in [6.45, 7) is -1.19. The third kappa shape index (κ3) is 3.65. The van der Waals surface area contributed by atoms with Crippen LogP contribution in [0.25, 0.3) is 0 Å². The summed E-state index contributed by atoms with van der Waals surface area (Å²) in [4.78, 5) is 0. The first-order valence-electron chi connectivity index (χ1n) is 4.06. The molecular formula is C9H9F4NO. The molecule has 0 fully saturated rings. The van der Waals surface area contributed by atoms with Gasteiger partial charge in [-0.2, -0.15) is 13.2 Å². The van der Waals surface area contributed by atoms with Gasteiger partial charge >= 0.3 is 6.18 Å². The molecule has 1 N–H and O–H groups in total. The number of rotatable bonds is 3. The van der Waals surface area contributed by atoms with Crippen LogP contribution in [0.2, 0.25) is 0 Å². The first kappa shape index (κ1) is 11.6. The molecular weight excluding hydrogens is 214 g/mol. The quantitative estimate of drug-likeness (QED) is 0.795. The molecule has 0 atom stereocenters. The van der Waals surface area contributed by atoms with Gasteiger partial charge in [0.25, 0.3) is 0 Å². The summed E-state index contributed by atoms with van der Waals surface area (Å²) in [7, 11) is 1.26. The van der Waals surface area contributed by atoms with Crippen molar-refractivity contribution in [3.8, 4) is 5.75 Å². The molecule has 0 heterocycles. The highest BCUT2D eigenvalue weighted by molar-refractivity contribution is 5.56. The highest BCUT2D eigenvalue weighted by Crippen LogP contribution is 2.26. The number of hydrogen-bond donors (Lipinski definition) is 1. The predicted molar refractivity (Wildman–Crippen MR) is 47.5 cm³/mol. The molecule has 0 aliphatic rings. The van der Waals surface area contributed by atoms with Crippen molar-refractivity contribution < 1.29 is 22.3 Å². The maximum Gasteiger partial charge on any atom is 0.405 e. The molecule has 1 aromatic rings. The normalized spacial score (nSPS) is 11.3. The molecule has 2 nitrogen and oxygen atoms in total. The molecule has 0 aliphatic carbocycles. The molecule has 0 saturated heterocycles. The van der Waals surface area contributed by atoms with Gasteiger partial charge in [-0.05, 0) is 12.1 Å². The van der Waals surface area contributed by atoms with Crippen LogP contribution in [0.1, 0.15) is 0 Å². The molecule has 0 saturated carbocycles. The Morgan fingerprint density at radius 1 is 1.33 bits per heavy atom. The smallest absolute Gasteiger partial charge is 0.405 e. The number of ether oxygens (including phenoxy) is 1. The van der Waals surface area contributed by atoms with Crippen molar-refractivity contribution in [3.05, 3.63) is 24.0 Å². The maximum absolute atomic E-state index is 12.7. The highest BCUT2D eigenvalue weighted by Gasteiger charge is 2.27.